The van der Waals surface area contributed by atoms with Gasteiger partial charge in [0.15, 0.2) is 6.10 Å². The number of ether oxygens (including phenoxy) is 3. The fourth-order valence-corrected chi connectivity index (χ4v) is 9.68. The highest BCUT2D eigenvalue weighted by Crippen LogP contribution is 2.17. The Morgan fingerprint density at radius 2 is 0.512 bits per heavy atom. The highest BCUT2D eigenvalue weighted by atomic mass is 16.6. The van der Waals surface area contributed by atoms with Crippen LogP contribution in [-0.2, 0) is 28.6 Å². The zero-order chi connectivity index (χ0) is 57.8. The smallest absolute Gasteiger partial charge is 0.306 e. The third-order valence-electron chi connectivity index (χ3n) is 14.8. The van der Waals surface area contributed by atoms with E-state index in [-0.39, 0.29) is 37.5 Å². The molecule has 0 saturated heterocycles. The summed E-state index contributed by atoms with van der Waals surface area (Å²) in [7, 11) is 0. The van der Waals surface area contributed by atoms with Gasteiger partial charge in [-0.2, -0.15) is 0 Å². The van der Waals surface area contributed by atoms with Crippen LogP contribution in [0.25, 0.3) is 0 Å². The van der Waals surface area contributed by atoms with E-state index in [1.807, 2.05) is 0 Å². The summed E-state index contributed by atoms with van der Waals surface area (Å²) in [6.07, 6.45) is 91.7. The highest BCUT2D eigenvalue weighted by molar-refractivity contribution is 5.71. The van der Waals surface area contributed by atoms with Crippen LogP contribution in [0.4, 0.5) is 0 Å². The second kappa shape index (κ2) is 67.8. The first-order chi connectivity index (χ1) is 39.5. The molecule has 0 bridgehead atoms. The molecule has 0 spiro atoms. The summed E-state index contributed by atoms with van der Waals surface area (Å²) in [5.74, 6) is -0.925. The van der Waals surface area contributed by atoms with E-state index in [4.69, 9.17) is 14.2 Å². The van der Waals surface area contributed by atoms with Crippen LogP contribution in [0.3, 0.4) is 0 Å². The van der Waals surface area contributed by atoms with Crippen LogP contribution in [0.5, 0.6) is 0 Å². The fraction of sp³-hybridized carbons (Fsp3) is 0.743. The van der Waals surface area contributed by atoms with E-state index in [9.17, 15) is 14.4 Å². The number of carbonyl (C=O) groups is 3. The van der Waals surface area contributed by atoms with Crippen molar-refractivity contribution in [3.63, 3.8) is 0 Å². The molecule has 0 rings (SSSR count). The second-order valence-corrected chi connectivity index (χ2v) is 22.7. The molecule has 0 amide bonds. The van der Waals surface area contributed by atoms with Crippen molar-refractivity contribution >= 4 is 17.9 Å². The van der Waals surface area contributed by atoms with E-state index in [1.165, 1.54) is 173 Å². The van der Waals surface area contributed by atoms with Gasteiger partial charge in [0.05, 0.1) is 0 Å². The van der Waals surface area contributed by atoms with Crippen LogP contribution in [0.15, 0.2) is 97.2 Å². The Kier molecular flexibility index (Phi) is 64.7. The Bertz CT molecular complexity index is 1560. The maximum Gasteiger partial charge on any atom is 0.306 e. The Balaban J connectivity index is 4.13. The van der Waals surface area contributed by atoms with Crippen LogP contribution in [0.1, 0.15) is 335 Å². The molecule has 0 aliphatic carbocycles. The zero-order valence-electron chi connectivity index (χ0n) is 52.8. The summed E-state index contributed by atoms with van der Waals surface area (Å²) in [5, 5.41) is 0. The lowest BCUT2D eigenvalue weighted by molar-refractivity contribution is -0.167. The molecule has 1 atom stereocenters. The molecule has 0 aliphatic heterocycles. The van der Waals surface area contributed by atoms with E-state index in [0.29, 0.717) is 12.8 Å². The molecule has 0 radical (unpaired) electrons. The van der Waals surface area contributed by atoms with Crippen molar-refractivity contribution in [1.82, 2.24) is 0 Å². The summed E-state index contributed by atoms with van der Waals surface area (Å²) >= 11 is 0. The van der Waals surface area contributed by atoms with Gasteiger partial charge in [-0.25, -0.2) is 0 Å². The minimum Gasteiger partial charge on any atom is -0.462 e. The van der Waals surface area contributed by atoms with Crippen molar-refractivity contribution in [3.8, 4) is 0 Å². The molecule has 0 N–H and O–H groups in total. The van der Waals surface area contributed by atoms with Crippen LogP contribution >= 0.6 is 0 Å². The first-order valence-corrected chi connectivity index (χ1v) is 34.2. The molecular formula is C74H128O6. The summed E-state index contributed by atoms with van der Waals surface area (Å²) < 4.78 is 16.9. The van der Waals surface area contributed by atoms with Crippen LogP contribution in [0, 0.1) is 0 Å². The van der Waals surface area contributed by atoms with Crippen LogP contribution in [-0.4, -0.2) is 37.2 Å². The Morgan fingerprint density at radius 1 is 0.263 bits per heavy atom. The number of carbonyl (C=O) groups excluding carboxylic acids is 3. The SMILES string of the molecule is CC/C=C\C/C=C\C/C=C\C/C=C\C/C=C\CCCCCC(=O)OC(COC(=O)CCCCCCC/C=C\CCC)COC(=O)CCCCCCCCCCCCCCCCCCCCCCC/C=C\C/C=C\CCCCCCC. The summed E-state index contributed by atoms with van der Waals surface area (Å²) in [4.78, 5) is 38.2. The quantitative estimate of drug-likeness (QED) is 0.0261. The number of hydrogen-bond donors (Lipinski definition) is 0. The van der Waals surface area contributed by atoms with Gasteiger partial charge in [-0.15, -0.1) is 0 Å². The van der Waals surface area contributed by atoms with Gasteiger partial charge >= 0.3 is 17.9 Å². The van der Waals surface area contributed by atoms with Crippen molar-refractivity contribution in [3.05, 3.63) is 97.2 Å². The molecule has 460 valence electrons. The van der Waals surface area contributed by atoms with E-state index in [0.717, 1.165) is 122 Å². The third kappa shape index (κ3) is 65.1. The number of esters is 3. The molecule has 1 unspecified atom stereocenters. The van der Waals surface area contributed by atoms with E-state index < -0.39 is 6.10 Å². The third-order valence-corrected chi connectivity index (χ3v) is 14.8. The van der Waals surface area contributed by atoms with Crippen molar-refractivity contribution in [2.45, 2.75) is 341 Å². The standard InChI is InChI=1S/C74H128O6/c1-4-7-10-13-16-19-22-24-26-28-30-31-32-33-34-35-36-37-38-39-40-41-42-43-45-46-48-50-52-55-58-61-64-67-73(76)79-70-71(69-78-72(75)66-63-60-57-54-21-18-15-12-9-6-3)80-74(77)68-65-62-59-56-53-51-49-47-44-29-27-25-23-20-17-14-11-8-5-2/h8,11-12,15,17,20,22,24-25,27-28,30,44,47,51,53,71H,4-7,9-10,13-14,16,18-19,21,23,26,29,31-43,45-46,48-50,52,54-70H2,1-3H3/b11-8-,15-12-,20-17-,24-22-,27-25-,30-28-,47-44-,53-51-. The Hall–Kier alpha value is -3.67. The van der Waals surface area contributed by atoms with Crippen molar-refractivity contribution in [1.29, 1.82) is 0 Å². The highest BCUT2D eigenvalue weighted by Gasteiger charge is 2.19. The predicted molar refractivity (Wildman–Crippen MR) is 348 cm³/mol. The lowest BCUT2D eigenvalue weighted by Crippen LogP contribution is -2.30. The van der Waals surface area contributed by atoms with Gasteiger partial charge in [0.2, 0.25) is 0 Å². The molecule has 0 fully saturated rings. The number of rotatable bonds is 62. The number of allylic oxidation sites excluding steroid dienone is 16. The second-order valence-electron chi connectivity index (χ2n) is 22.7. The summed E-state index contributed by atoms with van der Waals surface area (Å²) in [5.41, 5.74) is 0. The maximum atomic E-state index is 12.9. The van der Waals surface area contributed by atoms with E-state index in [1.54, 1.807) is 0 Å². The number of hydrogen-bond acceptors (Lipinski definition) is 6. The van der Waals surface area contributed by atoms with Gasteiger partial charge in [-0.1, -0.05) is 298 Å². The van der Waals surface area contributed by atoms with Crippen molar-refractivity contribution < 1.29 is 28.6 Å². The average molecular weight is 1110 g/mol. The largest absolute Gasteiger partial charge is 0.462 e. The maximum absolute atomic E-state index is 12.9. The fourth-order valence-electron chi connectivity index (χ4n) is 9.68. The minimum absolute atomic E-state index is 0.0914. The lowest BCUT2D eigenvalue weighted by Gasteiger charge is -2.18. The normalized spacial score (nSPS) is 12.7. The molecule has 0 aromatic rings. The molecular weight excluding hydrogens is 985 g/mol. The Labute approximate surface area is 496 Å². The molecule has 6 nitrogen and oxygen atoms in total. The molecule has 0 aromatic heterocycles. The van der Waals surface area contributed by atoms with Gasteiger partial charge in [0, 0.05) is 19.3 Å². The monoisotopic (exact) mass is 1110 g/mol. The first-order valence-electron chi connectivity index (χ1n) is 34.2. The van der Waals surface area contributed by atoms with Gasteiger partial charge in [-0.3, -0.25) is 14.4 Å². The van der Waals surface area contributed by atoms with E-state index >= 15 is 0 Å². The summed E-state index contributed by atoms with van der Waals surface area (Å²) in [6, 6.07) is 0. The Morgan fingerprint density at radius 3 is 0.838 bits per heavy atom. The topological polar surface area (TPSA) is 78.9 Å². The van der Waals surface area contributed by atoms with Crippen molar-refractivity contribution in [2.24, 2.45) is 0 Å². The zero-order valence-corrected chi connectivity index (χ0v) is 52.8. The first kappa shape index (κ1) is 76.3. The van der Waals surface area contributed by atoms with Crippen LogP contribution in [0.2, 0.25) is 0 Å². The van der Waals surface area contributed by atoms with Gasteiger partial charge < -0.3 is 14.2 Å². The van der Waals surface area contributed by atoms with Gasteiger partial charge in [0.25, 0.3) is 0 Å². The average Bonchev–Trinajstić information content (AvgIpc) is 3.46. The summed E-state index contributed by atoms with van der Waals surface area (Å²) in [6.45, 7) is 6.45. The molecule has 6 heteroatoms. The molecule has 0 aromatic carbocycles. The number of unbranched alkanes of at least 4 members (excludes halogenated alkanes) is 35. The van der Waals surface area contributed by atoms with Crippen molar-refractivity contribution in [2.75, 3.05) is 13.2 Å². The molecule has 0 aliphatic rings. The lowest BCUT2D eigenvalue weighted by atomic mass is 10.0. The van der Waals surface area contributed by atoms with Gasteiger partial charge in [-0.05, 0) is 116 Å². The minimum atomic E-state index is -0.798. The van der Waals surface area contributed by atoms with E-state index in [2.05, 4.69) is 118 Å². The molecule has 0 heterocycles. The predicted octanol–water partition coefficient (Wildman–Crippen LogP) is 23.6. The molecule has 80 heavy (non-hydrogen) atoms. The van der Waals surface area contributed by atoms with Gasteiger partial charge in [0.1, 0.15) is 13.2 Å². The van der Waals surface area contributed by atoms with Crippen LogP contribution < -0.4 is 0 Å². The molecule has 0 saturated carbocycles.